The Morgan fingerprint density at radius 1 is 0.889 bits per heavy atom. The summed E-state index contributed by atoms with van der Waals surface area (Å²) in [5, 5.41) is 59.3. The average molecular weight is 632 g/mol. The van der Waals surface area contributed by atoms with Crippen molar-refractivity contribution in [2.24, 2.45) is 56.2 Å². The largest absolute Gasteiger partial charge is 0.480 e. The highest BCUT2D eigenvalue weighted by Gasteiger charge is 2.72. The van der Waals surface area contributed by atoms with Crippen molar-refractivity contribution in [2.45, 2.75) is 151 Å². The first-order valence-corrected chi connectivity index (χ1v) is 17.5. The van der Waals surface area contributed by atoms with E-state index in [1.165, 1.54) is 5.57 Å². The van der Waals surface area contributed by atoms with E-state index in [0.717, 1.165) is 32.1 Å². The van der Waals surface area contributed by atoms with Crippen LogP contribution in [0.25, 0.3) is 0 Å². The summed E-state index contributed by atoms with van der Waals surface area (Å²) in [7, 11) is 0. The van der Waals surface area contributed by atoms with Gasteiger partial charge in [0.05, 0.1) is 24.4 Å². The van der Waals surface area contributed by atoms with Gasteiger partial charge in [-0.3, -0.25) is 4.79 Å². The van der Waals surface area contributed by atoms with Crippen molar-refractivity contribution >= 4 is 11.9 Å². The fourth-order valence-corrected chi connectivity index (χ4v) is 12.1. The van der Waals surface area contributed by atoms with Gasteiger partial charge in [-0.25, -0.2) is 4.79 Å². The first-order chi connectivity index (χ1) is 20.6. The van der Waals surface area contributed by atoms with E-state index in [-0.39, 0.29) is 47.0 Å². The Labute approximate surface area is 270 Å². The van der Waals surface area contributed by atoms with Gasteiger partial charge in [0.2, 0.25) is 5.91 Å². The zero-order valence-electron chi connectivity index (χ0n) is 29.2. The van der Waals surface area contributed by atoms with Crippen LogP contribution in [0.1, 0.15) is 120 Å². The summed E-state index contributed by atoms with van der Waals surface area (Å²) in [5.74, 6) is -1.18. The summed E-state index contributed by atoms with van der Waals surface area (Å²) in [4.78, 5) is 25.7. The summed E-state index contributed by atoms with van der Waals surface area (Å²) >= 11 is 0. The summed E-state index contributed by atoms with van der Waals surface area (Å²) in [6, 6.07) is -1.07. The van der Waals surface area contributed by atoms with Crippen LogP contribution in [-0.4, -0.2) is 67.9 Å². The average Bonchev–Trinajstić information content (AvgIpc) is 2.91. The van der Waals surface area contributed by atoms with E-state index in [4.69, 9.17) is 0 Å². The van der Waals surface area contributed by atoms with Gasteiger partial charge in [-0.1, -0.05) is 74.0 Å². The van der Waals surface area contributed by atoms with Gasteiger partial charge >= 0.3 is 5.97 Å². The molecule has 0 spiro atoms. The molecular formula is C37H61NO7. The molecule has 0 bridgehead atoms. The molecule has 0 aromatic heterocycles. The first-order valence-electron chi connectivity index (χ1n) is 17.5. The predicted molar refractivity (Wildman–Crippen MR) is 173 cm³/mol. The third kappa shape index (κ3) is 4.89. The van der Waals surface area contributed by atoms with Crippen molar-refractivity contribution < 1.29 is 35.1 Å². The van der Waals surface area contributed by atoms with Crippen molar-refractivity contribution in [1.29, 1.82) is 0 Å². The van der Waals surface area contributed by atoms with E-state index in [9.17, 15) is 35.1 Å². The van der Waals surface area contributed by atoms with E-state index in [2.05, 4.69) is 46.0 Å². The SMILES string of the molecule is CC(C)C[C@@H](NC(=O)C[C@@]12C(CC(C)(C)[C@@H](O)[C@@H]1O)C1=CCC3[C@@]4(C)CC[C@H](O)C(C)(C)C4CC[C@@]3(C)[C@]1(C)C[C@H]2O)C(=O)O. The van der Waals surface area contributed by atoms with E-state index in [1.54, 1.807) is 0 Å². The van der Waals surface area contributed by atoms with E-state index < -0.39 is 52.5 Å². The predicted octanol–water partition coefficient (Wildman–Crippen LogP) is 5.07. The molecule has 4 fully saturated rings. The van der Waals surface area contributed by atoms with Crippen LogP contribution in [0.2, 0.25) is 0 Å². The van der Waals surface area contributed by atoms with Gasteiger partial charge in [-0.15, -0.1) is 0 Å². The Kier molecular flexibility index (Phi) is 8.54. The van der Waals surface area contributed by atoms with Crippen LogP contribution >= 0.6 is 0 Å². The van der Waals surface area contributed by atoms with Crippen molar-refractivity contribution in [2.75, 3.05) is 0 Å². The molecule has 8 heteroatoms. The lowest BCUT2D eigenvalue weighted by atomic mass is 9.33. The minimum Gasteiger partial charge on any atom is -0.480 e. The Balaban J connectivity index is 1.58. The van der Waals surface area contributed by atoms with Gasteiger partial charge in [-0.05, 0) is 102 Å². The van der Waals surface area contributed by atoms with Crippen LogP contribution in [0, 0.1) is 56.2 Å². The number of hydrogen-bond donors (Lipinski definition) is 6. The highest BCUT2D eigenvalue weighted by Crippen LogP contribution is 2.76. The molecule has 0 aliphatic heterocycles. The molecule has 256 valence electrons. The lowest BCUT2D eigenvalue weighted by Gasteiger charge is -2.72. The lowest BCUT2D eigenvalue weighted by Crippen LogP contribution is -2.71. The third-order valence-electron chi connectivity index (χ3n) is 14.9. The highest BCUT2D eigenvalue weighted by molar-refractivity contribution is 5.84. The minimum atomic E-state index is -1.36. The maximum absolute atomic E-state index is 13.7. The van der Waals surface area contributed by atoms with Gasteiger partial charge in [0.1, 0.15) is 6.04 Å². The molecule has 0 heterocycles. The molecule has 12 atom stereocenters. The topological polar surface area (TPSA) is 147 Å². The van der Waals surface area contributed by atoms with Crippen LogP contribution in [0.5, 0.6) is 0 Å². The number of carbonyl (C=O) groups is 2. The molecule has 5 aliphatic rings. The summed E-state index contributed by atoms with van der Waals surface area (Å²) in [6.07, 6.45) is 3.95. The summed E-state index contributed by atoms with van der Waals surface area (Å²) in [6.45, 7) is 19.3. The number of carboxylic acid groups (broad SMARTS) is 1. The molecule has 0 aromatic carbocycles. The quantitative estimate of drug-likeness (QED) is 0.225. The van der Waals surface area contributed by atoms with Crippen LogP contribution in [0.4, 0.5) is 0 Å². The van der Waals surface area contributed by atoms with Gasteiger partial charge in [0.25, 0.3) is 0 Å². The molecule has 45 heavy (non-hydrogen) atoms. The second-order valence-electron chi connectivity index (χ2n) is 18.4. The van der Waals surface area contributed by atoms with E-state index in [0.29, 0.717) is 24.7 Å². The zero-order chi connectivity index (χ0) is 33.7. The zero-order valence-corrected chi connectivity index (χ0v) is 29.2. The number of nitrogens with one attached hydrogen (secondary N) is 1. The molecule has 5 rings (SSSR count). The van der Waals surface area contributed by atoms with Crippen LogP contribution in [0.15, 0.2) is 11.6 Å². The monoisotopic (exact) mass is 631 g/mol. The number of aliphatic carboxylic acids is 1. The standard InChI is InChI=1S/C37H61NO7/c1-20(2)16-23(31(44)45)38-28(41)19-37-22(17-32(3,4)29(42)30(37)43)21-10-11-25-34(7)14-13-26(39)33(5,6)24(34)12-15-35(25,8)36(21,9)18-27(37)40/h10,20,22-27,29-30,39-40,42-43H,11-19H2,1-9H3,(H,38,41)(H,44,45)/t22?,23-,24?,25?,26+,27-,29+,30+,34+,35-,36-,37+/m1/s1. The van der Waals surface area contributed by atoms with Crippen molar-refractivity contribution in [1.82, 2.24) is 5.32 Å². The number of rotatable bonds is 6. The van der Waals surface area contributed by atoms with Crippen LogP contribution in [-0.2, 0) is 9.59 Å². The Hall–Kier alpha value is -1.48. The molecule has 1 amide bonds. The fourth-order valence-electron chi connectivity index (χ4n) is 12.1. The van der Waals surface area contributed by atoms with Gasteiger partial charge in [0.15, 0.2) is 0 Å². The van der Waals surface area contributed by atoms with Crippen LogP contribution < -0.4 is 5.32 Å². The Morgan fingerprint density at radius 2 is 1.53 bits per heavy atom. The summed E-state index contributed by atoms with van der Waals surface area (Å²) < 4.78 is 0. The van der Waals surface area contributed by atoms with Crippen molar-refractivity contribution in [3.8, 4) is 0 Å². The maximum atomic E-state index is 13.7. The Bertz CT molecular complexity index is 1230. The summed E-state index contributed by atoms with van der Waals surface area (Å²) in [5.41, 5.74) is -1.50. The van der Waals surface area contributed by atoms with Crippen molar-refractivity contribution in [3.05, 3.63) is 11.6 Å². The van der Waals surface area contributed by atoms with Crippen molar-refractivity contribution in [3.63, 3.8) is 0 Å². The maximum Gasteiger partial charge on any atom is 0.326 e. The number of aliphatic hydroxyl groups excluding tert-OH is 4. The third-order valence-corrected chi connectivity index (χ3v) is 14.9. The molecule has 0 radical (unpaired) electrons. The number of fused-ring (bicyclic) bond motifs is 7. The van der Waals surface area contributed by atoms with Gasteiger partial charge in [0, 0.05) is 11.8 Å². The normalized spacial score (nSPS) is 47.3. The molecule has 0 aromatic rings. The lowest BCUT2D eigenvalue weighted by molar-refractivity contribution is -0.249. The number of allylic oxidation sites excluding steroid dienone is 2. The van der Waals surface area contributed by atoms with Gasteiger partial charge < -0.3 is 30.8 Å². The molecular weight excluding hydrogens is 570 g/mol. The molecule has 5 aliphatic carbocycles. The molecule has 4 saturated carbocycles. The second-order valence-corrected chi connectivity index (χ2v) is 18.4. The smallest absolute Gasteiger partial charge is 0.326 e. The number of aliphatic hydroxyl groups is 4. The molecule has 8 nitrogen and oxygen atoms in total. The highest BCUT2D eigenvalue weighted by atomic mass is 16.4. The number of carbonyl (C=O) groups excluding carboxylic acids is 1. The number of carboxylic acids is 1. The minimum absolute atomic E-state index is 0.0317. The molecule has 3 unspecified atom stereocenters. The van der Waals surface area contributed by atoms with E-state index in [1.807, 2.05) is 27.7 Å². The molecule has 0 saturated heterocycles. The first kappa shape index (κ1) is 34.8. The van der Waals surface area contributed by atoms with Crippen LogP contribution in [0.3, 0.4) is 0 Å². The second kappa shape index (κ2) is 11.0. The molecule has 6 N–H and O–H groups in total. The Morgan fingerprint density at radius 3 is 2.13 bits per heavy atom. The van der Waals surface area contributed by atoms with Gasteiger partial charge in [-0.2, -0.15) is 0 Å². The number of hydrogen-bond acceptors (Lipinski definition) is 6. The fraction of sp³-hybridized carbons (Fsp3) is 0.892. The number of amides is 1. The van der Waals surface area contributed by atoms with E-state index >= 15 is 0 Å².